The van der Waals surface area contributed by atoms with Gasteiger partial charge < -0.3 is 0 Å². The van der Waals surface area contributed by atoms with Gasteiger partial charge >= 0.3 is 0 Å². The summed E-state index contributed by atoms with van der Waals surface area (Å²) in [6.07, 6.45) is 0.647. The van der Waals surface area contributed by atoms with Crippen molar-refractivity contribution in [3.8, 4) is 11.3 Å². The third-order valence-electron chi connectivity index (χ3n) is 2.21. The average Bonchev–Trinajstić information content (AvgIpc) is 2.70. The number of halogens is 1. The molecule has 15 heavy (non-hydrogen) atoms. The number of aromatic amines is 1. The topological polar surface area (TPSA) is 45.8 Å². The smallest absolute Gasteiger partial charge is 0.170 e. The van der Waals surface area contributed by atoms with E-state index in [1.54, 1.807) is 12.1 Å². The Morgan fingerprint density at radius 2 is 2.20 bits per heavy atom. The van der Waals surface area contributed by atoms with Crippen molar-refractivity contribution in [2.45, 2.75) is 6.92 Å². The molecule has 1 aromatic carbocycles. The quantitative estimate of drug-likeness (QED) is 0.763. The van der Waals surface area contributed by atoms with E-state index in [0.717, 1.165) is 11.1 Å². The highest BCUT2D eigenvalue weighted by Gasteiger charge is 2.06. The predicted molar refractivity (Wildman–Crippen MR) is 54.1 cm³/mol. The molecule has 2 aromatic rings. The van der Waals surface area contributed by atoms with Gasteiger partial charge in [-0.2, -0.15) is 5.10 Å². The molecule has 0 atom stereocenters. The van der Waals surface area contributed by atoms with Crippen LogP contribution >= 0.6 is 0 Å². The molecule has 3 nitrogen and oxygen atoms in total. The van der Waals surface area contributed by atoms with Gasteiger partial charge in [0.15, 0.2) is 6.29 Å². The number of rotatable bonds is 2. The van der Waals surface area contributed by atoms with Crippen molar-refractivity contribution in [2.75, 3.05) is 0 Å². The van der Waals surface area contributed by atoms with Gasteiger partial charge in [-0.1, -0.05) is 6.07 Å². The average molecular weight is 204 g/mol. The summed E-state index contributed by atoms with van der Waals surface area (Å²) in [5.41, 5.74) is 2.61. The molecule has 0 spiro atoms. The highest BCUT2D eigenvalue weighted by Crippen LogP contribution is 2.22. The first-order chi connectivity index (χ1) is 7.20. The molecule has 0 unspecified atom stereocenters. The zero-order valence-corrected chi connectivity index (χ0v) is 8.12. The number of nitrogens with zero attached hydrogens (tertiary/aromatic N) is 1. The van der Waals surface area contributed by atoms with Crippen LogP contribution in [0, 0.1) is 12.7 Å². The van der Waals surface area contributed by atoms with Gasteiger partial charge in [0.1, 0.15) is 11.5 Å². The van der Waals surface area contributed by atoms with E-state index in [2.05, 4.69) is 10.2 Å². The molecular weight excluding hydrogens is 195 g/mol. The number of carbonyl (C=O) groups excluding carboxylic acids is 1. The van der Waals surface area contributed by atoms with Gasteiger partial charge in [-0.3, -0.25) is 9.89 Å². The first-order valence-electron chi connectivity index (χ1n) is 4.48. The van der Waals surface area contributed by atoms with Crippen LogP contribution in [0.15, 0.2) is 24.3 Å². The Kier molecular flexibility index (Phi) is 2.33. The molecule has 0 radical (unpaired) electrons. The second-order valence-electron chi connectivity index (χ2n) is 3.28. The number of aldehydes is 1. The fourth-order valence-electron chi connectivity index (χ4n) is 1.42. The lowest BCUT2D eigenvalue weighted by Crippen LogP contribution is -1.85. The largest absolute Gasteiger partial charge is 0.296 e. The third-order valence-corrected chi connectivity index (χ3v) is 2.21. The number of carbonyl (C=O) groups is 1. The van der Waals surface area contributed by atoms with Crippen LogP contribution in [0.1, 0.15) is 16.1 Å². The Morgan fingerprint density at radius 3 is 2.87 bits per heavy atom. The number of H-pyrrole nitrogens is 1. The van der Waals surface area contributed by atoms with E-state index in [1.807, 2.05) is 6.92 Å². The molecular formula is C11H9FN2O. The Balaban J connectivity index is 2.52. The number of aromatic nitrogens is 2. The van der Waals surface area contributed by atoms with Crippen LogP contribution in [0.5, 0.6) is 0 Å². The summed E-state index contributed by atoms with van der Waals surface area (Å²) in [6.45, 7) is 1.87. The summed E-state index contributed by atoms with van der Waals surface area (Å²) in [6, 6.07) is 6.09. The van der Waals surface area contributed by atoms with Crippen LogP contribution in [0.4, 0.5) is 4.39 Å². The minimum absolute atomic E-state index is 0.308. The molecule has 0 saturated heterocycles. The van der Waals surface area contributed by atoms with Gasteiger partial charge in [-0.15, -0.1) is 0 Å². The summed E-state index contributed by atoms with van der Waals surface area (Å²) in [5, 5.41) is 6.46. The number of benzene rings is 1. The van der Waals surface area contributed by atoms with Crippen molar-refractivity contribution < 1.29 is 9.18 Å². The molecule has 2 rings (SSSR count). The lowest BCUT2D eigenvalue weighted by Gasteiger charge is -2.02. The zero-order chi connectivity index (χ0) is 10.8. The van der Waals surface area contributed by atoms with Crippen molar-refractivity contribution in [3.63, 3.8) is 0 Å². The van der Waals surface area contributed by atoms with E-state index in [-0.39, 0.29) is 5.82 Å². The van der Waals surface area contributed by atoms with E-state index in [4.69, 9.17) is 0 Å². The monoisotopic (exact) mass is 204 g/mol. The maximum atomic E-state index is 13.0. The Hall–Kier alpha value is -1.97. The van der Waals surface area contributed by atoms with Gasteiger partial charge in [0.25, 0.3) is 0 Å². The maximum Gasteiger partial charge on any atom is 0.170 e. The zero-order valence-electron chi connectivity index (χ0n) is 8.12. The van der Waals surface area contributed by atoms with Crippen LogP contribution < -0.4 is 0 Å². The van der Waals surface area contributed by atoms with Crippen molar-refractivity contribution in [1.82, 2.24) is 10.2 Å². The van der Waals surface area contributed by atoms with Crippen LogP contribution in [0.2, 0.25) is 0 Å². The molecule has 1 aromatic heterocycles. The summed E-state index contributed by atoms with van der Waals surface area (Å²) in [4.78, 5) is 10.4. The van der Waals surface area contributed by atoms with Gasteiger partial charge in [-0.05, 0) is 30.7 Å². The molecule has 76 valence electrons. The molecule has 1 heterocycles. The number of hydrogen-bond donors (Lipinski definition) is 1. The maximum absolute atomic E-state index is 13.0. The summed E-state index contributed by atoms with van der Waals surface area (Å²) >= 11 is 0. The first-order valence-corrected chi connectivity index (χ1v) is 4.48. The Morgan fingerprint density at radius 1 is 1.40 bits per heavy atom. The molecule has 0 fully saturated rings. The summed E-state index contributed by atoms with van der Waals surface area (Å²) in [5.74, 6) is -0.308. The van der Waals surface area contributed by atoms with Crippen molar-refractivity contribution >= 4 is 6.29 Å². The number of aryl methyl sites for hydroxylation is 1. The lowest BCUT2D eigenvalue weighted by atomic mass is 10.1. The molecule has 4 heteroatoms. The molecule has 0 bridgehead atoms. The van der Waals surface area contributed by atoms with Gasteiger partial charge in [0.2, 0.25) is 0 Å². The highest BCUT2D eigenvalue weighted by molar-refractivity contribution is 5.75. The molecule has 0 aliphatic rings. The first kappa shape index (κ1) is 9.58. The Labute approximate surface area is 85.9 Å². The minimum atomic E-state index is -0.308. The van der Waals surface area contributed by atoms with Crippen LogP contribution in [0.3, 0.4) is 0 Å². The third kappa shape index (κ3) is 1.79. The number of hydrogen-bond acceptors (Lipinski definition) is 2. The van der Waals surface area contributed by atoms with E-state index in [0.29, 0.717) is 17.7 Å². The SMILES string of the molecule is Cc1ccc(F)cc1-c1cc(C=O)n[nH]1. The van der Waals surface area contributed by atoms with Crippen LogP contribution in [0.25, 0.3) is 11.3 Å². The van der Waals surface area contributed by atoms with Crippen molar-refractivity contribution in [1.29, 1.82) is 0 Å². The highest BCUT2D eigenvalue weighted by atomic mass is 19.1. The van der Waals surface area contributed by atoms with E-state index in [9.17, 15) is 9.18 Å². The van der Waals surface area contributed by atoms with E-state index < -0.39 is 0 Å². The van der Waals surface area contributed by atoms with Crippen LogP contribution in [-0.2, 0) is 0 Å². The molecule has 0 amide bonds. The Bertz CT molecular complexity index is 505. The molecule has 1 N–H and O–H groups in total. The summed E-state index contributed by atoms with van der Waals surface area (Å²) < 4.78 is 13.0. The summed E-state index contributed by atoms with van der Waals surface area (Å²) in [7, 11) is 0. The fraction of sp³-hybridized carbons (Fsp3) is 0.0909. The normalized spacial score (nSPS) is 10.3. The fourth-order valence-corrected chi connectivity index (χ4v) is 1.42. The molecule has 0 saturated carbocycles. The lowest BCUT2D eigenvalue weighted by molar-refractivity contribution is 0.111. The second kappa shape index (κ2) is 3.65. The van der Waals surface area contributed by atoms with Gasteiger partial charge in [-0.25, -0.2) is 4.39 Å². The molecule has 0 aliphatic carbocycles. The number of nitrogens with one attached hydrogen (secondary N) is 1. The van der Waals surface area contributed by atoms with Gasteiger partial charge in [0, 0.05) is 5.56 Å². The van der Waals surface area contributed by atoms with E-state index >= 15 is 0 Å². The van der Waals surface area contributed by atoms with Gasteiger partial charge in [0.05, 0.1) is 5.69 Å². The van der Waals surface area contributed by atoms with E-state index in [1.165, 1.54) is 12.1 Å². The second-order valence-corrected chi connectivity index (χ2v) is 3.28. The van der Waals surface area contributed by atoms with Crippen molar-refractivity contribution in [3.05, 3.63) is 41.3 Å². The van der Waals surface area contributed by atoms with Crippen LogP contribution in [-0.4, -0.2) is 16.5 Å². The standard InChI is InChI=1S/C11H9FN2O/c1-7-2-3-8(12)4-10(7)11-5-9(6-15)13-14-11/h2-6H,1H3,(H,13,14). The minimum Gasteiger partial charge on any atom is -0.296 e. The van der Waals surface area contributed by atoms with Crippen molar-refractivity contribution in [2.24, 2.45) is 0 Å². The molecule has 0 aliphatic heterocycles. The predicted octanol–water partition coefficient (Wildman–Crippen LogP) is 2.34.